The van der Waals surface area contributed by atoms with E-state index in [0.29, 0.717) is 23.9 Å². The number of hydrogen-bond donors (Lipinski definition) is 2. The zero-order chi connectivity index (χ0) is 19.7. The Morgan fingerprint density at radius 2 is 1.92 bits per heavy atom. The lowest BCUT2D eigenvalue weighted by Crippen LogP contribution is -2.27. The van der Waals surface area contributed by atoms with Crippen LogP contribution in [0, 0.1) is 15.9 Å². The Morgan fingerprint density at radius 3 is 2.46 bits per heavy atom. The number of aliphatic hydroxyl groups is 2. The first-order valence-corrected chi connectivity index (χ1v) is 8.41. The number of benzene rings is 1. The zero-order valence-electron chi connectivity index (χ0n) is 15.5. The molecule has 0 atom stereocenters. The van der Waals surface area contributed by atoms with Crippen LogP contribution in [0.3, 0.4) is 0 Å². The summed E-state index contributed by atoms with van der Waals surface area (Å²) in [5, 5.41) is 30.9. The lowest BCUT2D eigenvalue weighted by molar-refractivity contribution is -0.387. The highest BCUT2D eigenvalue weighted by Gasteiger charge is 2.27. The highest BCUT2D eigenvalue weighted by atomic mass is 19.1. The summed E-state index contributed by atoms with van der Waals surface area (Å²) in [5.74, 6) is -2.14. The van der Waals surface area contributed by atoms with Gasteiger partial charge in [-0.05, 0) is 26.3 Å². The van der Waals surface area contributed by atoms with Crippen LogP contribution in [0.2, 0.25) is 0 Å². The van der Waals surface area contributed by atoms with Gasteiger partial charge in [-0.25, -0.2) is 0 Å². The van der Waals surface area contributed by atoms with Gasteiger partial charge >= 0.3 is 5.69 Å². The van der Waals surface area contributed by atoms with Gasteiger partial charge in [0.2, 0.25) is 5.82 Å². The van der Waals surface area contributed by atoms with Gasteiger partial charge in [0, 0.05) is 35.2 Å². The molecule has 7 nitrogen and oxygen atoms in total. The Kier molecular flexibility index (Phi) is 5.70. The predicted molar refractivity (Wildman–Crippen MR) is 95.5 cm³/mol. The number of aryl methyl sites for hydroxylation is 1. The molecule has 1 aromatic carbocycles. The smallest absolute Gasteiger partial charge is 0.305 e. The van der Waals surface area contributed by atoms with Crippen molar-refractivity contribution in [3.63, 3.8) is 0 Å². The summed E-state index contributed by atoms with van der Waals surface area (Å²) < 4.78 is 21.3. The minimum atomic E-state index is -1.24. The molecule has 0 amide bonds. The molecule has 0 unspecified atom stereocenters. The Morgan fingerprint density at radius 1 is 1.27 bits per heavy atom. The summed E-state index contributed by atoms with van der Waals surface area (Å²) in [7, 11) is 0. The Hall–Kier alpha value is -2.03. The van der Waals surface area contributed by atoms with Crippen LogP contribution in [-0.4, -0.2) is 38.7 Å². The fraction of sp³-hybridized carbons (Fsp3) is 0.556. The summed E-state index contributed by atoms with van der Waals surface area (Å²) >= 11 is 0. The molecule has 0 aliphatic rings. The standard InChI is InChI=1S/C18H25FN2O5/c1-17(2,11-22)16-9-12-8-15(21(24)25)13(19)10-14(12)20(16)6-5-7-26-18(3,4)23/h8-10,22-23H,5-7,11H2,1-4H3. The fourth-order valence-electron chi connectivity index (χ4n) is 2.84. The molecule has 1 aromatic heterocycles. The Bertz CT molecular complexity index is 808. The van der Waals surface area contributed by atoms with Crippen molar-refractivity contribution in [2.24, 2.45) is 0 Å². The molecule has 0 saturated heterocycles. The summed E-state index contributed by atoms with van der Waals surface area (Å²) in [4.78, 5) is 10.2. The second kappa shape index (κ2) is 7.30. The monoisotopic (exact) mass is 368 g/mol. The van der Waals surface area contributed by atoms with Gasteiger partial charge in [-0.2, -0.15) is 4.39 Å². The zero-order valence-corrected chi connectivity index (χ0v) is 15.5. The number of nitro groups is 1. The predicted octanol–water partition coefficient (Wildman–Crippen LogP) is 3.09. The van der Waals surface area contributed by atoms with Gasteiger partial charge in [0.25, 0.3) is 0 Å². The normalized spacial score (nSPS) is 12.7. The minimum Gasteiger partial charge on any atom is -0.395 e. The van der Waals surface area contributed by atoms with E-state index in [1.807, 2.05) is 18.4 Å². The molecule has 8 heteroatoms. The van der Waals surface area contributed by atoms with E-state index in [1.165, 1.54) is 19.9 Å². The van der Waals surface area contributed by atoms with E-state index in [4.69, 9.17) is 4.74 Å². The first kappa shape index (κ1) is 20.3. The molecule has 2 aromatic rings. The summed E-state index contributed by atoms with van der Waals surface area (Å²) in [5.41, 5.74) is 0.0842. The van der Waals surface area contributed by atoms with E-state index in [0.717, 1.165) is 11.8 Å². The SMILES string of the molecule is CC(C)(O)OCCCn1c(C(C)(C)CO)cc2cc([N+](=O)[O-])c(F)cc21. The summed E-state index contributed by atoms with van der Waals surface area (Å²) in [6.07, 6.45) is 0.543. The van der Waals surface area contributed by atoms with Gasteiger partial charge in [0.1, 0.15) is 0 Å². The van der Waals surface area contributed by atoms with E-state index < -0.39 is 27.6 Å². The van der Waals surface area contributed by atoms with Gasteiger partial charge < -0.3 is 19.5 Å². The van der Waals surface area contributed by atoms with Crippen molar-refractivity contribution in [1.29, 1.82) is 0 Å². The molecule has 26 heavy (non-hydrogen) atoms. The Balaban J connectivity index is 2.45. The number of rotatable bonds is 8. The number of halogens is 1. The summed E-state index contributed by atoms with van der Waals surface area (Å²) in [6.45, 7) is 7.37. The molecule has 2 N–H and O–H groups in total. The number of hydrogen-bond acceptors (Lipinski definition) is 5. The maximum atomic E-state index is 14.1. The van der Waals surface area contributed by atoms with Gasteiger partial charge in [0.05, 0.1) is 23.7 Å². The van der Waals surface area contributed by atoms with Crippen LogP contribution in [-0.2, 0) is 16.7 Å². The third-order valence-electron chi connectivity index (χ3n) is 4.24. The number of fused-ring (bicyclic) bond motifs is 1. The number of nitrogens with zero attached hydrogens (tertiary/aromatic N) is 2. The fourth-order valence-corrected chi connectivity index (χ4v) is 2.84. The van der Waals surface area contributed by atoms with E-state index >= 15 is 0 Å². The van der Waals surface area contributed by atoms with E-state index in [-0.39, 0.29) is 13.2 Å². The van der Waals surface area contributed by atoms with Crippen LogP contribution in [0.15, 0.2) is 18.2 Å². The topological polar surface area (TPSA) is 97.8 Å². The van der Waals surface area contributed by atoms with Crippen molar-refractivity contribution in [3.05, 3.63) is 39.8 Å². The van der Waals surface area contributed by atoms with Crippen LogP contribution < -0.4 is 0 Å². The maximum absolute atomic E-state index is 14.1. The summed E-state index contributed by atoms with van der Waals surface area (Å²) in [6, 6.07) is 4.11. The Labute approximate surface area is 151 Å². The highest BCUT2D eigenvalue weighted by molar-refractivity contribution is 5.84. The van der Waals surface area contributed by atoms with E-state index in [2.05, 4.69) is 0 Å². The highest BCUT2D eigenvalue weighted by Crippen LogP contribution is 2.33. The van der Waals surface area contributed by atoms with Crippen LogP contribution in [0.1, 0.15) is 39.8 Å². The van der Waals surface area contributed by atoms with Crippen molar-refractivity contribution < 1.29 is 24.3 Å². The van der Waals surface area contributed by atoms with Crippen molar-refractivity contribution >= 4 is 16.6 Å². The van der Waals surface area contributed by atoms with E-state index in [9.17, 15) is 24.7 Å². The van der Waals surface area contributed by atoms with Gasteiger partial charge in [-0.3, -0.25) is 10.1 Å². The molecule has 0 fully saturated rings. The first-order valence-electron chi connectivity index (χ1n) is 8.41. The average Bonchev–Trinajstić information content (AvgIpc) is 2.88. The second-order valence-corrected chi connectivity index (χ2v) is 7.49. The van der Waals surface area contributed by atoms with Crippen LogP contribution >= 0.6 is 0 Å². The number of nitro benzene ring substituents is 1. The van der Waals surface area contributed by atoms with Crippen molar-refractivity contribution in [3.8, 4) is 0 Å². The molecular weight excluding hydrogens is 343 g/mol. The number of ether oxygens (including phenoxy) is 1. The third-order valence-corrected chi connectivity index (χ3v) is 4.24. The lowest BCUT2D eigenvalue weighted by atomic mass is 9.90. The van der Waals surface area contributed by atoms with Crippen LogP contribution in [0.25, 0.3) is 10.9 Å². The lowest BCUT2D eigenvalue weighted by Gasteiger charge is -2.25. The molecule has 0 bridgehead atoms. The second-order valence-electron chi connectivity index (χ2n) is 7.49. The van der Waals surface area contributed by atoms with Crippen molar-refractivity contribution in [2.75, 3.05) is 13.2 Å². The molecule has 1 heterocycles. The third kappa shape index (κ3) is 4.38. The van der Waals surface area contributed by atoms with Gasteiger partial charge in [0.15, 0.2) is 5.79 Å². The maximum Gasteiger partial charge on any atom is 0.305 e. The first-order chi connectivity index (χ1) is 12.0. The number of aliphatic hydroxyl groups excluding tert-OH is 1. The quantitative estimate of drug-likeness (QED) is 0.323. The van der Waals surface area contributed by atoms with Gasteiger partial charge in [-0.1, -0.05) is 13.8 Å². The molecule has 0 aliphatic carbocycles. The molecular formula is C18H25FN2O5. The van der Waals surface area contributed by atoms with Crippen LogP contribution in [0.4, 0.5) is 10.1 Å². The van der Waals surface area contributed by atoms with Crippen molar-refractivity contribution in [1.82, 2.24) is 4.57 Å². The molecule has 0 aliphatic heterocycles. The molecule has 0 spiro atoms. The molecule has 2 rings (SSSR count). The van der Waals surface area contributed by atoms with Crippen LogP contribution in [0.5, 0.6) is 0 Å². The molecule has 0 radical (unpaired) electrons. The van der Waals surface area contributed by atoms with Gasteiger partial charge in [-0.15, -0.1) is 0 Å². The minimum absolute atomic E-state index is 0.131. The molecule has 0 saturated carbocycles. The molecule has 144 valence electrons. The van der Waals surface area contributed by atoms with E-state index in [1.54, 1.807) is 6.07 Å². The number of aromatic nitrogens is 1. The average molecular weight is 368 g/mol. The largest absolute Gasteiger partial charge is 0.395 e. The van der Waals surface area contributed by atoms with Crippen molar-refractivity contribution in [2.45, 2.75) is 51.9 Å².